The van der Waals surface area contributed by atoms with Crippen LogP contribution in [0.3, 0.4) is 0 Å². The maximum Gasteiger partial charge on any atom is 0.143 e. The van der Waals surface area contributed by atoms with Crippen molar-refractivity contribution in [1.82, 2.24) is 14.5 Å². The van der Waals surface area contributed by atoms with Crippen LogP contribution in [0.2, 0.25) is 0 Å². The largest absolute Gasteiger partial charge is 0.321 e. The normalized spacial score (nSPS) is 11.0. The third-order valence-electron chi connectivity index (χ3n) is 3.58. The lowest BCUT2D eigenvalue weighted by molar-refractivity contribution is 0.624. The summed E-state index contributed by atoms with van der Waals surface area (Å²) in [4.78, 5) is 9.10. The Hall–Kier alpha value is -2.67. The molecule has 0 fully saturated rings. The first kappa shape index (κ1) is 13.3. The van der Waals surface area contributed by atoms with Gasteiger partial charge in [0.2, 0.25) is 0 Å². The molecule has 2 aromatic heterocycles. The van der Waals surface area contributed by atoms with Gasteiger partial charge in [-0.15, -0.1) is 0 Å². The molecule has 0 aliphatic rings. The third-order valence-corrected chi connectivity index (χ3v) is 3.58. The van der Waals surface area contributed by atoms with Crippen molar-refractivity contribution in [3.05, 3.63) is 47.8 Å². The lowest BCUT2D eigenvalue weighted by atomic mass is 10.2. The van der Waals surface area contributed by atoms with Crippen molar-refractivity contribution >= 4 is 11.0 Å². The van der Waals surface area contributed by atoms with Crippen molar-refractivity contribution < 1.29 is 0 Å². The molecule has 0 saturated carbocycles. The smallest absolute Gasteiger partial charge is 0.143 e. The molecule has 0 saturated heterocycles. The van der Waals surface area contributed by atoms with Crippen molar-refractivity contribution in [1.29, 1.82) is 5.26 Å². The van der Waals surface area contributed by atoms with Gasteiger partial charge in [-0.2, -0.15) is 5.26 Å². The van der Waals surface area contributed by atoms with E-state index in [1.54, 1.807) is 6.20 Å². The quantitative estimate of drug-likeness (QED) is 0.714. The van der Waals surface area contributed by atoms with E-state index < -0.39 is 0 Å². The number of fused-ring (bicyclic) bond motifs is 1. The second-order valence-electron chi connectivity index (χ2n) is 5.35. The summed E-state index contributed by atoms with van der Waals surface area (Å²) >= 11 is 0. The Bertz CT molecular complexity index is 853. The summed E-state index contributed by atoms with van der Waals surface area (Å²) in [5, 5.41) is 9.05. The average Bonchev–Trinajstić information content (AvgIpc) is 2.85. The van der Waals surface area contributed by atoms with E-state index in [1.807, 2.05) is 37.3 Å². The number of benzene rings is 1. The van der Waals surface area contributed by atoms with Gasteiger partial charge in [0.1, 0.15) is 5.82 Å². The zero-order chi connectivity index (χ0) is 15.0. The Balaban J connectivity index is 2.35. The Morgan fingerprint density at radius 3 is 2.71 bits per heavy atom. The molecule has 0 N–H and O–H groups in total. The summed E-state index contributed by atoms with van der Waals surface area (Å²) in [5.41, 5.74) is 4.50. The SMILES string of the molecule is Cc1ncccc1-c1nc2cc(C#N)ccc2n1C(C)C. The molecule has 3 rings (SSSR count). The van der Waals surface area contributed by atoms with E-state index in [-0.39, 0.29) is 6.04 Å². The van der Waals surface area contributed by atoms with Crippen molar-refractivity contribution in [3.8, 4) is 17.5 Å². The van der Waals surface area contributed by atoms with Gasteiger partial charge in [-0.25, -0.2) is 4.98 Å². The lowest BCUT2D eigenvalue weighted by Crippen LogP contribution is -2.04. The van der Waals surface area contributed by atoms with Crippen LogP contribution in [-0.2, 0) is 0 Å². The van der Waals surface area contributed by atoms with Crippen molar-refractivity contribution in [3.63, 3.8) is 0 Å². The molecule has 0 atom stereocenters. The Labute approximate surface area is 123 Å². The van der Waals surface area contributed by atoms with Crippen molar-refractivity contribution in [2.24, 2.45) is 0 Å². The molecule has 0 unspecified atom stereocenters. The van der Waals surface area contributed by atoms with E-state index in [0.717, 1.165) is 28.1 Å². The van der Waals surface area contributed by atoms with Crippen LogP contribution >= 0.6 is 0 Å². The van der Waals surface area contributed by atoms with Crippen molar-refractivity contribution in [2.45, 2.75) is 26.8 Å². The lowest BCUT2D eigenvalue weighted by Gasteiger charge is -2.14. The first-order valence-corrected chi connectivity index (χ1v) is 6.96. The fourth-order valence-corrected chi connectivity index (χ4v) is 2.60. The molecule has 0 spiro atoms. The minimum absolute atomic E-state index is 0.276. The number of pyridine rings is 1. The maximum absolute atomic E-state index is 9.05. The number of imidazole rings is 1. The van der Waals surface area contributed by atoms with Gasteiger partial charge in [0, 0.05) is 23.5 Å². The average molecular weight is 276 g/mol. The van der Waals surface area contributed by atoms with E-state index in [2.05, 4.69) is 29.5 Å². The molecule has 1 aromatic carbocycles. The number of hydrogen-bond acceptors (Lipinski definition) is 3. The van der Waals surface area contributed by atoms with Gasteiger partial charge in [0.25, 0.3) is 0 Å². The zero-order valence-electron chi connectivity index (χ0n) is 12.3. The van der Waals surface area contributed by atoms with Gasteiger partial charge in [-0.3, -0.25) is 4.98 Å². The highest BCUT2D eigenvalue weighted by Crippen LogP contribution is 2.29. The van der Waals surface area contributed by atoms with Gasteiger partial charge in [0.05, 0.1) is 22.7 Å². The molecule has 0 bridgehead atoms. The molecule has 4 nitrogen and oxygen atoms in total. The predicted octanol–water partition coefficient (Wildman–Crippen LogP) is 3.86. The molecule has 0 aliphatic carbocycles. The van der Waals surface area contributed by atoms with Crippen LogP contribution in [0.5, 0.6) is 0 Å². The van der Waals surface area contributed by atoms with E-state index in [0.29, 0.717) is 5.56 Å². The molecule has 0 amide bonds. The highest BCUT2D eigenvalue weighted by atomic mass is 15.1. The first-order valence-electron chi connectivity index (χ1n) is 6.96. The maximum atomic E-state index is 9.05. The molecular weight excluding hydrogens is 260 g/mol. The molecule has 21 heavy (non-hydrogen) atoms. The number of hydrogen-bond donors (Lipinski definition) is 0. The van der Waals surface area contributed by atoms with Gasteiger partial charge in [0.15, 0.2) is 0 Å². The Morgan fingerprint density at radius 1 is 1.24 bits per heavy atom. The van der Waals surface area contributed by atoms with Crippen LogP contribution in [0.1, 0.15) is 31.1 Å². The van der Waals surface area contributed by atoms with Gasteiger partial charge in [-0.05, 0) is 51.1 Å². The number of rotatable bonds is 2. The third kappa shape index (κ3) is 2.17. The summed E-state index contributed by atoms with van der Waals surface area (Å²) in [6.45, 7) is 6.25. The van der Waals surface area contributed by atoms with E-state index in [1.165, 1.54) is 0 Å². The zero-order valence-corrected chi connectivity index (χ0v) is 12.3. The van der Waals surface area contributed by atoms with Crippen LogP contribution in [0.25, 0.3) is 22.4 Å². The monoisotopic (exact) mass is 276 g/mol. The second-order valence-corrected chi connectivity index (χ2v) is 5.35. The topological polar surface area (TPSA) is 54.5 Å². The van der Waals surface area contributed by atoms with Crippen molar-refractivity contribution in [2.75, 3.05) is 0 Å². The van der Waals surface area contributed by atoms with Crippen LogP contribution in [0, 0.1) is 18.3 Å². The number of nitriles is 1. The summed E-state index contributed by atoms with van der Waals surface area (Å²) in [5.74, 6) is 0.903. The number of aryl methyl sites for hydroxylation is 1. The van der Waals surface area contributed by atoms with Crippen LogP contribution in [0.4, 0.5) is 0 Å². The van der Waals surface area contributed by atoms with E-state index in [9.17, 15) is 0 Å². The summed E-state index contributed by atoms with van der Waals surface area (Å²) in [6, 6.07) is 12.0. The molecule has 0 radical (unpaired) electrons. The minimum Gasteiger partial charge on any atom is -0.321 e. The standard InChI is InChI=1S/C17H16N4/c1-11(2)21-16-7-6-13(10-18)9-15(16)20-17(21)14-5-4-8-19-12(14)3/h4-9,11H,1-3H3. The Morgan fingerprint density at radius 2 is 2.05 bits per heavy atom. The second kappa shape index (κ2) is 5.02. The number of nitrogens with zero attached hydrogens (tertiary/aromatic N) is 4. The van der Waals surface area contributed by atoms with E-state index >= 15 is 0 Å². The summed E-state index contributed by atoms with van der Waals surface area (Å²) in [6.07, 6.45) is 1.79. The van der Waals surface area contributed by atoms with Crippen LogP contribution < -0.4 is 0 Å². The van der Waals surface area contributed by atoms with Gasteiger partial charge < -0.3 is 4.57 Å². The number of aromatic nitrogens is 3. The highest BCUT2D eigenvalue weighted by molar-refractivity contribution is 5.82. The molecular formula is C17H16N4. The molecule has 3 aromatic rings. The van der Waals surface area contributed by atoms with Crippen LogP contribution in [-0.4, -0.2) is 14.5 Å². The Kier molecular flexibility index (Phi) is 3.19. The van der Waals surface area contributed by atoms with Gasteiger partial charge in [-0.1, -0.05) is 0 Å². The summed E-state index contributed by atoms with van der Waals surface area (Å²) in [7, 11) is 0. The predicted molar refractivity (Wildman–Crippen MR) is 82.8 cm³/mol. The first-order chi connectivity index (χ1) is 10.1. The fraction of sp³-hybridized carbons (Fsp3) is 0.235. The molecule has 0 aliphatic heterocycles. The molecule has 104 valence electrons. The minimum atomic E-state index is 0.276. The highest BCUT2D eigenvalue weighted by Gasteiger charge is 2.16. The van der Waals surface area contributed by atoms with E-state index in [4.69, 9.17) is 10.2 Å². The summed E-state index contributed by atoms with van der Waals surface area (Å²) < 4.78 is 2.19. The fourth-order valence-electron chi connectivity index (χ4n) is 2.60. The molecule has 2 heterocycles. The molecule has 4 heteroatoms. The van der Waals surface area contributed by atoms with Crippen LogP contribution in [0.15, 0.2) is 36.5 Å². The van der Waals surface area contributed by atoms with Gasteiger partial charge >= 0.3 is 0 Å².